The van der Waals surface area contributed by atoms with E-state index in [1.165, 1.54) is 71.2 Å². The molecule has 0 amide bonds. The summed E-state index contributed by atoms with van der Waals surface area (Å²) in [7, 11) is 2.61. The zero-order valence-electron chi connectivity index (χ0n) is 22.2. The molecule has 0 saturated heterocycles. The summed E-state index contributed by atoms with van der Waals surface area (Å²) >= 11 is 3.15. The van der Waals surface area contributed by atoms with E-state index in [-0.39, 0.29) is 40.2 Å². The van der Waals surface area contributed by atoms with Crippen molar-refractivity contribution in [1.29, 1.82) is 0 Å². The number of hydrogen-bond acceptors (Lipinski definition) is 12. The van der Waals surface area contributed by atoms with Crippen molar-refractivity contribution >= 4 is 39.4 Å². The maximum absolute atomic E-state index is 11.8. The second kappa shape index (κ2) is 15.4. The van der Waals surface area contributed by atoms with Crippen LogP contribution in [0, 0.1) is 10.4 Å². The second-order valence-corrected chi connectivity index (χ2v) is 8.49. The van der Waals surface area contributed by atoms with Gasteiger partial charge in [-0.1, -0.05) is 0 Å². The number of methoxy groups -OCH3 is 2. The zero-order valence-corrected chi connectivity index (χ0v) is 23.8. The molecular weight excluding hydrogens is 604 g/mol. The maximum Gasteiger partial charge on any atom is 0.339 e. The summed E-state index contributed by atoms with van der Waals surface area (Å²) in [5, 5.41) is 22.3. The summed E-state index contributed by atoms with van der Waals surface area (Å²) in [6.45, 7) is 2.69. The highest BCUT2D eigenvalue weighted by Gasteiger charge is 2.15. The summed E-state index contributed by atoms with van der Waals surface area (Å²) in [6, 6.07) is 6.33. The molecular formula is C26H23BrN6O8. The van der Waals surface area contributed by atoms with Crippen LogP contribution in [0.15, 0.2) is 72.2 Å². The van der Waals surface area contributed by atoms with Gasteiger partial charge < -0.3 is 19.9 Å². The van der Waals surface area contributed by atoms with Gasteiger partial charge in [-0.05, 0) is 40.2 Å². The Hall–Kier alpha value is -5.18. The lowest BCUT2D eigenvalue weighted by molar-refractivity contribution is -0.606. The van der Waals surface area contributed by atoms with Crippen LogP contribution in [0.3, 0.4) is 0 Å². The largest absolute Gasteiger partial charge is 0.619 e. The van der Waals surface area contributed by atoms with Gasteiger partial charge in [0.2, 0.25) is 12.4 Å². The van der Waals surface area contributed by atoms with E-state index in [0.717, 1.165) is 12.4 Å². The van der Waals surface area contributed by atoms with Gasteiger partial charge in [-0.25, -0.2) is 29.5 Å². The lowest BCUT2D eigenvalue weighted by atomic mass is 10.2. The number of rotatable bonds is 5. The van der Waals surface area contributed by atoms with E-state index >= 15 is 0 Å². The van der Waals surface area contributed by atoms with Gasteiger partial charge in [-0.3, -0.25) is 9.59 Å². The van der Waals surface area contributed by atoms with Gasteiger partial charge in [-0.2, -0.15) is 9.46 Å². The number of esters is 2. The van der Waals surface area contributed by atoms with Crippen molar-refractivity contribution in [2.45, 2.75) is 13.8 Å². The number of ketones is 2. The van der Waals surface area contributed by atoms with Gasteiger partial charge >= 0.3 is 11.9 Å². The van der Waals surface area contributed by atoms with Crippen molar-refractivity contribution < 1.29 is 38.1 Å². The first-order valence-corrected chi connectivity index (χ1v) is 12.2. The molecule has 0 fully saturated rings. The summed E-state index contributed by atoms with van der Waals surface area (Å²) in [6.07, 6.45) is 8.78. The summed E-state index contributed by atoms with van der Waals surface area (Å²) in [5.41, 5.74) is 1.53. The molecule has 14 nitrogen and oxygen atoms in total. The highest BCUT2D eigenvalue weighted by Crippen LogP contribution is 2.13. The van der Waals surface area contributed by atoms with Crippen LogP contribution in [0.4, 0.5) is 0 Å². The van der Waals surface area contributed by atoms with Crippen LogP contribution >= 0.6 is 15.9 Å². The molecule has 4 rings (SSSR count). The average molecular weight is 627 g/mol. The van der Waals surface area contributed by atoms with Crippen molar-refractivity contribution in [1.82, 2.24) is 19.9 Å². The normalized spacial score (nSPS) is 9.68. The first kappa shape index (κ1) is 32.0. The standard InChI is InChI=1S/C13H11N3O4.C7H6BrNO2.C6H6N2O2/c1-8(17)11-7-16(19)12(6-15-11)10-4-3-9(5-14-10)13(18)20-2;1-11-7(10)5-2-3-6(8)9-4-5;1-5(9)6-4-8(10)3-2-7-6/h3-7H,1-2H3;2-4H,1H3;2-4H,1H3. The number of carbonyl (C=O) groups is 4. The molecule has 0 unspecified atom stereocenters. The molecule has 0 aliphatic rings. The molecule has 0 spiro atoms. The molecule has 0 atom stereocenters. The van der Waals surface area contributed by atoms with E-state index in [2.05, 4.69) is 45.3 Å². The average Bonchev–Trinajstić information content (AvgIpc) is 2.97. The predicted molar refractivity (Wildman–Crippen MR) is 144 cm³/mol. The van der Waals surface area contributed by atoms with Crippen molar-refractivity contribution in [3.05, 3.63) is 105 Å². The Labute approximate surface area is 242 Å². The number of halogens is 1. The summed E-state index contributed by atoms with van der Waals surface area (Å²) in [5.74, 6) is -1.38. The number of carbonyl (C=O) groups excluding carboxylic acids is 4. The van der Waals surface area contributed by atoms with E-state index in [4.69, 9.17) is 0 Å². The minimum atomic E-state index is -0.510. The van der Waals surface area contributed by atoms with Crippen LogP contribution < -0.4 is 9.46 Å². The van der Waals surface area contributed by atoms with E-state index < -0.39 is 5.97 Å². The van der Waals surface area contributed by atoms with Crippen molar-refractivity contribution in [2.75, 3.05) is 14.2 Å². The van der Waals surface area contributed by atoms with Crippen LogP contribution in [0.5, 0.6) is 0 Å². The number of nitrogens with zero attached hydrogens (tertiary/aromatic N) is 6. The maximum atomic E-state index is 11.8. The Morgan fingerprint density at radius 1 is 0.756 bits per heavy atom. The van der Waals surface area contributed by atoms with Gasteiger partial charge in [0, 0.05) is 26.2 Å². The van der Waals surface area contributed by atoms with Crippen LogP contribution in [0.25, 0.3) is 11.4 Å². The fourth-order valence-electron chi connectivity index (χ4n) is 2.72. The fraction of sp³-hybridized carbons (Fsp3) is 0.154. The van der Waals surface area contributed by atoms with Crippen molar-refractivity contribution in [3.8, 4) is 11.4 Å². The third kappa shape index (κ3) is 9.81. The molecule has 0 aromatic carbocycles. The molecule has 0 aliphatic heterocycles. The molecule has 4 aromatic heterocycles. The Balaban J connectivity index is 0.000000236. The van der Waals surface area contributed by atoms with E-state index in [9.17, 15) is 29.6 Å². The highest BCUT2D eigenvalue weighted by atomic mass is 79.9. The predicted octanol–water partition coefficient (Wildman–Crippen LogP) is 2.31. The molecule has 4 heterocycles. The van der Waals surface area contributed by atoms with Crippen molar-refractivity contribution in [3.63, 3.8) is 0 Å². The Kier molecular flexibility index (Phi) is 12.0. The van der Waals surface area contributed by atoms with Gasteiger partial charge in [0.05, 0.1) is 31.5 Å². The smallest absolute Gasteiger partial charge is 0.339 e. The quantitative estimate of drug-likeness (QED) is 0.103. The van der Waals surface area contributed by atoms with Crippen LogP contribution in [0.1, 0.15) is 55.5 Å². The molecule has 0 radical (unpaired) electrons. The minimum Gasteiger partial charge on any atom is -0.619 e. The SMILES string of the molecule is CC(=O)c1c[n+]([O-])ccn1.COC(=O)c1ccc(-c2cnc(C(C)=O)c[n+]2[O-])nc1.COC(=O)c1ccc(Br)nc1. The van der Waals surface area contributed by atoms with Gasteiger partial charge in [0.25, 0.3) is 5.69 Å². The van der Waals surface area contributed by atoms with Crippen LogP contribution in [-0.4, -0.2) is 57.7 Å². The minimum absolute atomic E-state index is 0.0786. The van der Waals surface area contributed by atoms with E-state index in [1.54, 1.807) is 12.1 Å². The Morgan fingerprint density at radius 3 is 1.73 bits per heavy atom. The van der Waals surface area contributed by atoms with E-state index in [1.807, 2.05) is 0 Å². The molecule has 15 heteroatoms. The lowest BCUT2D eigenvalue weighted by Gasteiger charge is -2.05. The highest BCUT2D eigenvalue weighted by molar-refractivity contribution is 9.10. The third-order valence-electron chi connectivity index (χ3n) is 4.80. The number of pyridine rings is 2. The monoisotopic (exact) mass is 626 g/mol. The zero-order chi connectivity index (χ0) is 30.5. The third-order valence-corrected chi connectivity index (χ3v) is 5.27. The molecule has 41 heavy (non-hydrogen) atoms. The summed E-state index contributed by atoms with van der Waals surface area (Å²) in [4.78, 5) is 59.2. The first-order chi connectivity index (χ1) is 19.5. The molecule has 0 saturated carbocycles. The molecule has 0 N–H and O–H groups in total. The molecule has 0 aliphatic carbocycles. The Bertz CT molecular complexity index is 1530. The summed E-state index contributed by atoms with van der Waals surface area (Å²) < 4.78 is 10.8. The number of Topliss-reactive ketones (excluding diaryl/α,β-unsaturated/α-hetero) is 2. The van der Waals surface area contributed by atoms with Crippen LogP contribution in [0.2, 0.25) is 0 Å². The second-order valence-electron chi connectivity index (χ2n) is 7.68. The number of hydrogen-bond donors (Lipinski definition) is 0. The molecule has 212 valence electrons. The fourth-order valence-corrected chi connectivity index (χ4v) is 2.95. The topological polar surface area (TPSA) is 192 Å². The van der Waals surface area contributed by atoms with Crippen molar-refractivity contribution in [2.24, 2.45) is 0 Å². The lowest BCUT2D eigenvalue weighted by Crippen LogP contribution is -2.31. The van der Waals surface area contributed by atoms with Gasteiger partial charge in [-0.15, -0.1) is 0 Å². The number of aromatic nitrogens is 6. The molecule has 4 aromatic rings. The first-order valence-electron chi connectivity index (χ1n) is 11.4. The van der Waals surface area contributed by atoms with Gasteiger partial charge in [0.15, 0.2) is 29.2 Å². The van der Waals surface area contributed by atoms with Crippen LogP contribution in [-0.2, 0) is 9.47 Å². The molecule has 0 bridgehead atoms. The Morgan fingerprint density at radius 2 is 1.32 bits per heavy atom. The van der Waals surface area contributed by atoms with Gasteiger partial charge in [0.1, 0.15) is 16.5 Å². The number of ether oxygens (including phenoxy) is 2. The van der Waals surface area contributed by atoms with E-state index in [0.29, 0.717) is 25.3 Å².